The van der Waals surface area contributed by atoms with Crippen LogP contribution in [0.15, 0.2) is 66.7 Å². The lowest BCUT2D eigenvalue weighted by atomic mass is 10.00. The Kier molecular flexibility index (Phi) is 8.67. The van der Waals surface area contributed by atoms with Crippen molar-refractivity contribution < 1.29 is 23.5 Å². The lowest BCUT2D eigenvalue weighted by Crippen LogP contribution is -2.49. The fourth-order valence-corrected chi connectivity index (χ4v) is 4.40. The van der Waals surface area contributed by atoms with E-state index >= 15 is 0 Å². The molecule has 0 saturated carbocycles. The van der Waals surface area contributed by atoms with Crippen molar-refractivity contribution in [2.75, 3.05) is 13.7 Å². The Morgan fingerprint density at radius 2 is 1.77 bits per heavy atom. The van der Waals surface area contributed by atoms with Gasteiger partial charge in [-0.05, 0) is 75.2 Å². The summed E-state index contributed by atoms with van der Waals surface area (Å²) in [7, 11) is 1.52. The molecule has 0 spiro atoms. The standard InChI is InChI=1S/C30H34FN5O4/c1-6-40-25-16-13-21(17-26(25)39-5)28(29(38)32-30(2,3)4)35(18-20-11-14-22(31)15-12-20)27(37)19-36-24-10-8-7-9-23(24)33-34-36/h7-17,28H,6,18-19H2,1-5H3,(H,32,38)/t28-/m1/s1. The van der Waals surface area contributed by atoms with Crippen LogP contribution in [0, 0.1) is 5.82 Å². The number of carbonyl (C=O) groups excluding carboxylic acids is 2. The van der Waals surface area contributed by atoms with E-state index in [2.05, 4.69) is 15.6 Å². The van der Waals surface area contributed by atoms with E-state index in [1.54, 1.807) is 30.3 Å². The van der Waals surface area contributed by atoms with Crippen LogP contribution in [-0.4, -0.2) is 51.0 Å². The first-order valence-electron chi connectivity index (χ1n) is 13.0. The van der Waals surface area contributed by atoms with Crippen LogP contribution in [-0.2, 0) is 22.7 Å². The fraction of sp³-hybridized carbons (Fsp3) is 0.333. The number of nitrogens with zero attached hydrogens (tertiary/aromatic N) is 4. The maximum Gasteiger partial charge on any atom is 0.247 e. The Labute approximate surface area is 232 Å². The smallest absolute Gasteiger partial charge is 0.247 e. The molecule has 0 aliphatic carbocycles. The molecule has 1 heterocycles. The Morgan fingerprint density at radius 1 is 1.05 bits per heavy atom. The van der Waals surface area contributed by atoms with Crippen LogP contribution in [0.3, 0.4) is 0 Å². The average Bonchev–Trinajstić information content (AvgIpc) is 3.32. The van der Waals surface area contributed by atoms with Gasteiger partial charge in [-0.3, -0.25) is 9.59 Å². The van der Waals surface area contributed by atoms with E-state index in [9.17, 15) is 14.0 Å². The molecule has 4 aromatic rings. The summed E-state index contributed by atoms with van der Waals surface area (Å²) >= 11 is 0. The third-order valence-corrected chi connectivity index (χ3v) is 6.15. The molecule has 4 rings (SSSR count). The van der Waals surface area contributed by atoms with Crippen molar-refractivity contribution in [1.82, 2.24) is 25.2 Å². The Morgan fingerprint density at radius 3 is 2.45 bits per heavy atom. The predicted octanol–water partition coefficient (Wildman–Crippen LogP) is 4.66. The third-order valence-electron chi connectivity index (χ3n) is 6.15. The highest BCUT2D eigenvalue weighted by molar-refractivity contribution is 5.89. The molecule has 9 nitrogen and oxygen atoms in total. The van der Waals surface area contributed by atoms with Crippen molar-refractivity contribution >= 4 is 22.8 Å². The number of rotatable bonds is 10. The van der Waals surface area contributed by atoms with Crippen molar-refractivity contribution in [1.29, 1.82) is 0 Å². The van der Waals surface area contributed by atoms with Crippen molar-refractivity contribution in [2.24, 2.45) is 0 Å². The lowest BCUT2D eigenvalue weighted by molar-refractivity contribution is -0.142. The van der Waals surface area contributed by atoms with Gasteiger partial charge in [0.1, 0.15) is 23.9 Å². The minimum absolute atomic E-state index is 0.0451. The first-order valence-corrected chi connectivity index (χ1v) is 13.0. The van der Waals surface area contributed by atoms with E-state index in [1.165, 1.54) is 28.8 Å². The van der Waals surface area contributed by atoms with Crippen LogP contribution < -0.4 is 14.8 Å². The van der Waals surface area contributed by atoms with E-state index in [1.807, 2.05) is 52.0 Å². The topological polar surface area (TPSA) is 98.6 Å². The normalized spacial score (nSPS) is 12.2. The molecule has 0 aliphatic rings. The van der Waals surface area contributed by atoms with Gasteiger partial charge < -0.3 is 19.7 Å². The van der Waals surface area contributed by atoms with Crippen molar-refractivity contribution in [3.8, 4) is 11.5 Å². The van der Waals surface area contributed by atoms with Crippen LogP contribution in [0.4, 0.5) is 4.39 Å². The summed E-state index contributed by atoms with van der Waals surface area (Å²) < 4.78 is 26.4. The molecular weight excluding hydrogens is 513 g/mol. The number of para-hydroxylation sites is 1. The summed E-state index contributed by atoms with van der Waals surface area (Å²) in [6, 6.07) is 17.3. The molecule has 1 aromatic heterocycles. The maximum absolute atomic E-state index is 14.1. The molecule has 1 N–H and O–H groups in total. The van der Waals surface area contributed by atoms with Crippen LogP contribution in [0.2, 0.25) is 0 Å². The zero-order valence-corrected chi connectivity index (χ0v) is 23.3. The number of hydrogen-bond donors (Lipinski definition) is 1. The highest BCUT2D eigenvalue weighted by Gasteiger charge is 2.34. The molecule has 0 aliphatic heterocycles. The van der Waals surface area contributed by atoms with Crippen molar-refractivity contribution in [3.63, 3.8) is 0 Å². The lowest BCUT2D eigenvalue weighted by Gasteiger charge is -2.34. The molecule has 10 heteroatoms. The van der Waals surface area contributed by atoms with Gasteiger partial charge in [0.15, 0.2) is 11.5 Å². The van der Waals surface area contributed by atoms with Crippen LogP contribution in [0.5, 0.6) is 11.5 Å². The van der Waals surface area contributed by atoms with Gasteiger partial charge in [0.2, 0.25) is 11.8 Å². The van der Waals surface area contributed by atoms with E-state index in [-0.39, 0.29) is 24.9 Å². The molecule has 210 valence electrons. The van der Waals surface area contributed by atoms with Gasteiger partial charge in [-0.1, -0.05) is 35.5 Å². The third kappa shape index (κ3) is 6.74. The zero-order chi connectivity index (χ0) is 28.9. The van der Waals surface area contributed by atoms with Crippen molar-refractivity contribution in [3.05, 3.63) is 83.7 Å². The minimum atomic E-state index is -1.05. The molecule has 0 fully saturated rings. The number of benzene rings is 3. The molecule has 0 radical (unpaired) electrons. The monoisotopic (exact) mass is 547 g/mol. The summed E-state index contributed by atoms with van der Waals surface area (Å²) in [5.74, 6) is -0.188. The highest BCUT2D eigenvalue weighted by Crippen LogP contribution is 2.34. The van der Waals surface area contributed by atoms with Crippen LogP contribution >= 0.6 is 0 Å². The number of nitrogens with one attached hydrogen (secondary N) is 1. The SMILES string of the molecule is CCOc1ccc([C@H](C(=O)NC(C)(C)C)N(Cc2ccc(F)cc2)C(=O)Cn2nnc3ccccc32)cc1OC. The second-order valence-corrected chi connectivity index (χ2v) is 10.4. The number of ether oxygens (including phenoxy) is 2. The molecule has 2 amide bonds. The van der Waals surface area contributed by atoms with Gasteiger partial charge in [-0.25, -0.2) is 9.07 Å². The van der Waals surface area contributed by atoms with Gasteiger partial charge >= 0.3 is 0 Å². The molecule has 0 saturated heterocycles. The quantitative estimate of drug-likeness (QED) is 0.310. The zero-order valence-electron chi connectivity index (χ0n) is 23.3. The number of amides is 2. The summed E-state index contributed by atoms with van der Waals surface area (Å²) in [6.07, 6.45) is 0. The number of aromatic nitrogens is 3. The molecular formula is C30H34FN5O4. The summed E-state index contributed by atoms with van der Waals surface area (Å²) in [4.78, 5) is 29.4. The first-order chi connectivity index (χ1) is 19.1. The summed E-state index contributed by atoms with van der Waals surface area (Å²) in [5.41, 5.74) is 1.96. The second-order valence-electron chi connectivity index (χ2n) is 10.4. The van der Waals surface area contributed by atoms with Gasteiger partial charge in [0.25, 0.3) is 0 Å². The number of halogens is 1. The Hall–Kier alpha value is -4.47. The number of hydrogen-bond acceptors (Lipinski definition) is 6. The number of methoxy groups -OCH3 is 1. The number of fused-ring (bicyclic) bond motifs is 1. The summed E-state index contributed by atoms with van der Waals surface area (Å²) in [5, 5.41) is 11.3. The van der Waals surface area contributed by atoms with Crippen LogP contribution in [0.25, 0.3) is 11.0 Å². The van der Waals surface area contributed by atoms with E-state index in [0.717, 1.165) is 0 Å². The fourth-order valence-electron chi connectivity index (χ4n) is 4.40. The van der Waals surface area contributed by atoms with E-state index in [0.29, 0.717) is 40.3 Å². The van der Waals surface area contributed by atoms with Gasteiger partial charge in [0, 0.05) is 12.1 Å². The molecule has 0 bridgehead atoms. The largest absolute Gasteiger partial charge is 0.493 e. The Balaban J connectivity index is 1.81. The van der Waals surface area contributed by atoms with Gasteiger partial charge in [0.05, 0.1) is 19.2 Å². The second kappa shape index (κ2) is 12.1. The van der Waals surface area contributed by atoms with E-state index in [4.69, 9.17) is 9.47 Å². The first kappa shape index (κ1) is 28.5. The van der Waals surface area contributed by atoms with Gasteiger partial charge in [-0.15, -0.1) is 5.10 Å². The van der Waals surface area contributed by atoms with Crippen LogP contribution in [0.1, 0.15) is 44.9 Å². The molecule has 40 heavy (non-hydrogen) atoms. The maximum atomic E-state index is 14.1. The summed E-state index contributed by atoms with van der Waals surface area (Å²) in [6.45, 7) is 7.80. The van der Waals surface area contributed by atoms with Gasteiger partial charge in [-0.2, -0.15) is 0 Å². The van der Waals surface area contributed by atoms with E-state index < -0.39 is 17.4 Å². The average molecular weight is 548 g/mol. The molecule has 1 atom stereocenters. The predicted molar refractivity (Wildman–Crippen MR) is 149 cm³/mol. The van der Waals surface area contributed by atoms with Crippen molar-refractivity contribution in [2.45, 2.75) is 52.4 Å². The Bertz CT molecular complexity index is 1480. The highest BCUT2D eigenvalue weighted by atomic mass is 19.1. The number of carbonyl (C=O) groups is 2. The molecule has 0 unspecified atom stereocenters. The minimum Gasteiger partial charge on any atom is -0.493 e. The molecule has 3 aromatic carbocycles.